The summed E-state index contributed by atoms with van der Waals surface area (Å²) in [5.74, 6) is 0.105. The van der Waals surface area contributed by atoms with Crippen LogP contribution in [0.5, 0.6) is 0 Å². The van der Waals surface area contributed by atoms with Gasteiger partial charge in [0.25, 0.3) is 0 Å². The predicted molar refractivity (Wildman–Crippen MR) is 74.4 cm³/mol. The highest BCUT2D eigenvalue weighted by Gasteiger charge is 2.07. The first-order chi connectivity index (χ1) is 9.58. The second-order valence-electron chi connectivity index (χ2n) is 4.73. The maximum atomic E-state index is 11.5. The molecular formula is C13H22N4O3. The molecule has 2 amide bonds. The number of hydrogen-bond acceptors (Lipinski definition) is 3. The topological polar surface area (TPSA) is 107 Å². The minimum Gasteiger partial charge on any atom is -0.481 e. The highest BCUT2D eigenvalue weighted by Crippen LogP contribution is 2.00. The summed E-state index contributed by atoms with van der Waals surface area (Å²) in [4.78, 5) is 29.0. The molecule has 1 heterocycles. The zero-order valence-corrected chi connectivity index (χ0v) is 11.7. The number of aromatic nitrogens is 2. The summed E-state index contributed by atoms with van der Waals surface area (Å²) in [6, 6.07) is -0.244. The van der Waals surface area contributed by atoms with Crippen molar-refractivity contribution < 1.29 is 14.7 Å². The summed E-state index contributed by atoms with van der Waals surface area (Å²) in [7, 11) is 0. The molecule has 0 spiro atoms. The van der Waals surface area contributed by atoms with Crippen LogP contribution >= 0.6 is 0 Å². The van der Waals surface area contributed by atoms with Crippen LogP contribution in [0.4, 0.5) is 4.79 Å². The van der Waals surface area contributed by atoms with Gasteiger partial charge in [0, 0.05) is 37.8 Å². The number of rotatable bonds is 9. The third-order valence-electron chi connectivity index (χ3n) is 2.84. The van der Waals surface area contributed by atoms with E-state index in [1.165, 1.54) is 0 Å². The van der Waals surface area contributed by atoms with Gasteiger partial charge in [-0.05, 0) is 26.2 Å². The molecule has 1 unspecified atom stereocenters. The molecule has 20 heavy (non-hydrogen) atoms. The molecule has 7 nitrogen and oxygen atoms in total. The lowest BCUT2D eigenvalue weighted by Crippen LogP contribution is -2.41. The number of nitrogens with zero attached hydrogens (tertiary/aromatic N) is 1. The molecule has 1 atom stereocenters. The van der Waals surface area contributed by atoms with Gasteiger partial charge in [-0.1, -0.05) is 0 Å². The number of aliphatic carboxylic acids is 1. The molecule has 0 radical (unpaired) electrons. The number of carbonyl (C=O) groups is 2. The van der Waals surface area contributed by atoms with Crippen LogP contribution in [0.15, 0.2) is 12.4 Å². The largest absolute Gasteiger partial charge is 0.481 e. The maximum absolute atomic E-state index is 11.5. The molecule has 1 rings (SSSR count). The Morgan fingerprint density at radius 3 is 2.90 bits per heavy atom. The van der Waals surface area contributed by atoms with Crippen LogP contribution in [-0.4, -0.2) is 39.7 Å². The Morgan fingerprint density at radius 1 is 1.45 bits per heavy atom. The molecule has 0 aromatic carbocycles. The molecule has 0 aliphatic heterocycles. The van der Waals surface area contributed by atoms with Crippen molar-refractivity contribution in [3.63, 3.8) is 0 Å². The zero-order chi connectivity index (χ0) is 14.8. The van der Waals surface area contributed by atoms with Gasteiger partial charge < -0.3 is 20.7 Å². The Kier molecular flexibility index (Phi) is 7.16. The van der Waals surface area contributed by atoms with Gasteiger partial charge in [-0.3, -0.25) is 4.79 Å². The number of hydrogen-bond donors (Lipinski definition) is 4. The van der Waals surface area contributed by atoms with Crippen molar-refractivity contribution in [2.24, 2.45) is 0 Å². The van der Waals surface area contributed by atoms with Gasteiger partial charge in [-0.15, -0.1) is 0 Å². The Hall–Kier alpha value is -2.05. The van der Waals surface area contributed by atoms with E-state index in [2.05, 4.69) is 20.6 Å². The van der Waals surface area contributed by atoms with E-state index >= 15 is 0 Å². The minimum absolute atomic E-state index is 0.0283. The molecule has 4 N–H and O–H groups in total. The Bertz CT molecular complexity index is 406. The molecule has 112 valence electrons. The quantitative estimate of drug-likeness (QED) is 0.512. The van der Waals surface area contributed by atoms with Crippen molar-refractivity contribution >= 4 is 12.0 Å². The monoisotopic (exact) mass is 282 g/mol. The van der Waals surface area contributed by atoms with Crippen LogP contribution in [-0.2, 0) is 11.2 Å². The van der Waals surface area contributed by atoms with Crippen LogP contribution in [0.3, 0.4) is 0 Å². The fraction of sp³-hybridized carbons (Fsp3) is 0.615. The lowest BCUT2D eigenvalue weighted by Gasteiger charge is -2.14. The van der Waals surface area contributed by atoms with Crippen LogP contribution in [0, 0.1) is 0 Å². The Labute approximate surface area is 118 Å². The Balaban J connectivity index is 2.03. The van der Waals surface area contributed by atoms with Crippen LogP contribution in [0.25, 0.3) is 0 Å². The minimum atomic E-state index is -0.806. The molecule has 1 aromatic rings. The number of nitrogens with one attached hydrogen (secondary N) is 3. The van der Waals surface area contributed by atoms with E-state index in [0.717, 1.165) is 18.7 Å². The van der Waals surface area contributed by atoms with Crippen LogP contribution in [0.1, 0.15) is 38.4 Å². The second-order valence-corrected chi connectivity index (χ2v) is 4.73. The molecule has 0 bridgehead atoms. The summed E-state index contributed by atoms with van der Waals surface area (Å²) in [6.07, 6.45) is 6.44. The smallest absolute Gasteiger partial charge is 0.314 e. The molecule has 0 aliphatic carbocycles. The van der Waals surface area contributed by atoms with Gasteiger partial charge in [0.1, 0.15) is 5.82 Å². The SMILES string of the molecule is CC(CCCC(=O)O)NC(=O)NCCCc1ncc[nH]1. The normalized spacial score (nSPS) is 11.8. The first-order valence-corrected chi connectivity index (χ1v) is 6.82. The highest BCUT2D eigenvalue weighted by molar-refractivity contribution is 5.74. The molecule has 0 saturated heterocycles. The van der Waals surface area contributed by atoms with Crippen molar-refractivity contribution in [2.75, 3.05) is 6.54 Å². The van der Waals surface area contributed by atoms with E-state index in [1.54, 1.807) is 12.4 Å². The average molecular weight is 282 g/mol. The summed E-state index contributed by atoms with van der Waals surface area (Å²) in [5.41, 5.74) is 0. The zero-order valence-electron chi connectivity index (χ0n) is 11.7. The fourth-order valence-electron chi connectivity index (χ4n) is 1.80. The van der Waals surface area contributed by atoms with E-state index in [0.29, 0.717) is 19.4 Å². The van der Waals surface area contributed by atoms with Gasteiger partial charge in [0.2, 0.25) is 0 Å². The standard InChI is InChI=1S/C13H22N4O3/c1-10(4-2-6-12(18)19)17-13(20)16-7-3-5-11-14-8-9-15-11/h8-10H,2-7H2,1H3,(H,14,15)(H,18,19)(H2,16,17,20). The van der Waals surface area contributed by atoms with Crippen LogP contribution in [0.2, 0.25) is 0 Å². The predicted octanol–water partition coefficient (Wildman–Crippen LogP) is 1.28. The van der Waals surface area contributed by atoms with E-state index < -0.39 is 5.97 Å². The fourth-order valence-corrected chi connectivity index (χ4v) is 1.80. The maximum Gasteiger partial charge on any atom is 0.314 e. The molecular weight excluding hydrogens is 260 g/mol. The van der Waals surface area contributed by atoms with Crippen LogP contribution < -0.4 is 10.6 Å². The molecule has 0 aliphatic rings. The van der Waals surface area contributed by atoms with E-state index in [9.17, 15) is 9.59 Å². The third kappa shape index (κ3) is 7.40. The molecule has 1 aromatic heterocycles. The summed E-state index contributed by atoms with van der Waals surface area (Å²) in [5, 5.41) is 14.1. The van der Waals surface area contributed by atoms with Crippen molar-refractivity contribution in [3.05, 3.63) is 18.2 Å². The molecule has 0 saturated carbocycles. The van der Waals surface area contributed by atoms with E-state index in [-0.39, 0.29) is 18.5 Å². The number of urea groups is 1. The van der Waals surface area contributed by atoms with Crippen molar-refractivity contribution in [2.45, 2.75) is 45.1 Å². The lowest BCUT2D eigenvalue weighted by molar-refractivity contribution is -0.137. The van der Waals surface area contributed by atoms with Gasteiger partial charge in [0.05, 0.1) is 0 Å². The van der Waals surface area contributed by atoms with Gasteiger partial charge in [0.15, 0.2) is 0 Å². The number of carbonyl (C=O) groups excluding carboxylic acids is 1. The third-order valence-corrected chi connectivity index (χ3v) is 2.84. The summed E-state index contributed by atoms with van der Waals surface area (Å²) in [6.45, 7) is 2.44. The highest BCUT2D eigenvalue weighted by atomic mass is 16.4. The van der Waals surface area contributed by atoms with Gasteiger partial charge in [-0.25, -0.2) is 9.78 Å². The van der Waals surface area contributed by atoms with Crippen molar-refractivity contribution in [1.29, 1.82) is 0 Å². The number of aromatic amines is 1. The number of H-pyrrole nitrogens is 1. The average Bonchev–Trinajstić information content (AvgIpc) is 2.87. The lowest BCUT2D eigenvalue weighted by atomic mass is 10.1. The first-order valence-electron chi connectivity index (χ1n) is 6.82. The summed E-state index contributed by atoms with van der Waals surface area (Å²) >= 11 is 0. The number of carboxylic acids is 1. The van der Waals surface area contributed by atoms with E-state index in [1.807, 2.05) is 6.92 Å². The molecule has 7 heteroatoms. The summed E-state index contributed by atoms with van der Waals surface area (Å²) < 4.78 is 0. The van der Waals surface area contributed by atoms with Crippen molar-refractivity contribution in [1.82, 2.24) is 20.6 Å². The van der Waals surface area contributed by atoms with E-state index in [4.69, 9.17) is 5.11 Å². The van der Waals surface area contributed by atoms with Crippen molar-refractivity contribution in [3.8, 4) is 0 Å². The number of carboxylic acid groups (broad SMARTS) is 1. The first kappa shape index (κ1) is 16.0. The van der Waals surface area contributed by atoms with Gasteiger partial charge in [-0.2, -0.15) is 0 Å². The number of aryl methyl sites for hydroxylation is 1. The Morgan fingerprint density at radius 2 is 2.25 bits per heavy atom. The number of imidazole rings is 1. The van der Waals surface area contributed by atoms with Gasteiger partial charge >= 0.3 is 12.0 Å². The second kappa shape index (κ2) is 8.95. The molecule has 0 fully saturated rings. The number of amides is 2.